The molecule has 0 bridgehead atoms. The van der Waals surface area contributed by atoms with Gasteiger partial charge in [0.1, 0.15) is 6.04 Å². The molecule has 1 aliphatic rings. The predicted octanol–water partition coefficient (Wildman–Crippen LogP) is -0.359. The second-order valence-corrected chi connectivity index (χ2v) is 4.40. The normalized spacial score (nSPS) is 25.6. The lowest BCUT2D eigenvalue weighted by Crippen LogP contribution is -2.55. The third-order valence-corrected chi connectivity index (χ3v) is 2.82. The predicted molar refractivity (Wildman–Crippen MR) is 63.2 cm³/mol. The van der Waals surface area contributed by atoms with Gasteiger partial charge >= 0.3 is 12.0 Å². The van der Waals surface area contributed by atoms with Crippen LogP contribution in [0.5, 0.6) is 0 Å². The molecule has 0 aromatic rings. The Hall–Kier alpha value is -1.34. The largest absolute Gasteiger partial charge is 0.480 e. The van der Waals surface area contributed by atoms with E-state index >= 15 is 0 Å². The molecule has 0 radical (unpaired) electrons. The van der Waals surface area contributed by atoms with Gasteiger partial charge in [-0.25, -0.2) is 9.59 Å². The number of carbonyl (C=O) groups excluding carboxylic acids is 1. The highest BCUT2D eigenvalue weighted by atomic mass is 16.5. The summed E-state index contributed by atoms with van der Waals surface area (Å²) < 4.78 is 5.41. The summed E-state index contributed by atoms with van der Waals surface area (Å²) in [6.45, 7) is 3.99. The molecule has 2 amide bonds. The van der Waals surface area contributed by atoms with Gasteiger partial charge in [-0.05, 0) is 13.3 Å². The number of aliphatic carboxylic acids is 1. The van der Waals surface area contributed by atoms with Crippen LogP contribution in [0.4, 0.5) is 4.79 Å². The maximum atomic E-state index is 11.9. The molecule has 3 unspecified atom stereocenters. The Morgan fingerprint density at radius 2 is 2.17 bits per heavy atom. The van der Waals surface area contributed by atoms with Gasteiger partial charge in [-0.3, -0.25) is 0 Å². The molecule has 1 rings (SSSR count). The van der Waals surface area contributed by atoms with Crippen molar-refractivity contribution in [2.75, 3.05) is 19.7 Å². The average molecular weight is 260 g/mol. The van der Waals surface area contributed by atoms with Crippen molar-refractivity contribution in [3.63, 3.8) is 0 Å². The number of carboxylic acids is 1. The van der Waals surface area contributed by atoms with E-state index in [1.165, 1.54) is 4.90 Å². The summed E-state index contributed by atoms with van der Waals surface area (Å²) in [6, 6.07) is -1.32. The zero-order valence-corrected chi connectivity index (χ0v) is 10.6. The zero-order valence-electron chi connectivity index (χ0n) is 10.6. The fraction of sp³-hybridized carbons (Fsp3) is 0.818. The lowest BCUT2D eigenvalue weighted by atomic mass is 10.2. The van der Waals surface area contributed by atoms with Gasteiger partial charge in [0.25, 0.3) is 0 Å². The van der Waals surface area contributed by atoms with E-state index in [9.17, 15) is 9.59 Å². The number of aliphatic hydroxyl groups is 1. The van der Waals surface area contributed by atoms with E-state index in [1.54, 1.807) is 13.8 Å². The minimum absolute atomic E-state index is 0.162. The van der Waals surface area contributed by atoms with Crippen molar-refractivity contribution >= 4 is 12.0 Å². The first-order chi connectivity index (χ1) is 8.47. The van der Waals surface area contributed by atoms with Gasteiger partial charge < -0.3 is 25.2 Å². The monoisotopic (exact) mass is 260 g/mol. The molecule has 0 aromatic carbocycles. The SMILES string of the molecule is CCC(NC(=O)N1CC(C)OC(CO)C1)C(=O)O. The molecule has 0 aliphatic carbocycles. The minimum atomic E-state index is -1.05. The molecule has 7 nitrogen and oxygen atoms in total. The van der Waals surface area contributed by atoms with Crippen molar-refractivity contribution in [2.24, 2.45) is 0 Å². The number of nitrogens with one attached hydrogen (secondary N) is 1. The van der Waals surface area contributed by atoms with E-state index in [4.69, 9.17) is 14.9 Å². The van der Waals surface area contributed by atoms with Gasteiger partial charge in [0, 0.05) is 6.54 Å². The van der Waals surface area contributed by atoms with Crippen LogP contribution in [0.1, 0.15) is 20.3 Å². The van der Waals surface area contributed by atoms with Crippen molar-refractivity contribution < 1.29 is 24.5 Å². The maximum absolute atomic E-state index is 11.9. The highest BCUT2D eigenvalue weighted by Crippen LogP contribution is 2.11. The third kappa shape index (κ3) is 3.85. The zero-order chi connectivity index (χ0) is 13.7. The van der Waals surface area contributed by atoms with Crippen LogP contribution in [0.2, 0.25) is 0 Å². The lowest BCUT2D eigenvalue weighted by molar-refractivity contribution is -0.139. The van der Waals surface area contributed by atoms with Crippen molar-refractivity contribution in [2.45, 2.75) is 38.5 Å². The van der Waals surface area contributed by atoms with Crippen LogP contribution in [-0.4, -0.2) is 65.1 Å². The molecule has 1 heterocycles. The van der Waals surface area contributed by atoms with Crippen LogP contribution in [0.3, 0.4) is 0 Å². The highest BCUT2D eigenvalue weighted by Gasteiger charge is 2.29. The Balaban J connectivity index is 2.57. The summed E-state index contributed by atoms with van der Waals surface area (Å²) in [6.07, 6.45) is -0.263. The Labute approximate surface area is 106 Å². The van der Waals surface area contributed by atoms with Gasteiger partial charge in [0.05, 0.1) is 25.4 Å². The minimum Gasteiger partial charge on any atom is -0.480 e. The Kier molecular flexibility index (Phi) is 5.36. The number of amides is 2. The molecule has 7 heteroatoms. The Morgan fingerprint density at radius 3 is 2.67 bits per heavy atom. The summed E-state index contributed by atoms with van der Waals surface area (Å²) in [5, 5.41) is 20.4. The van der Waals surface area contributed by atoms with Crippen LogP contribution >= 0.6 is 0 Å². The van der Waals surface area contributed by atoms with Crippen molar-refractivity contribution in [1.82, 2.24) is 10.2 Å². The first-order valence-electron chi connectivity index (χ1n) is 6.02. The van der Waals surface area contributed by atoms with Gasteiger partial charge in [-0.1, -0.05) is 6.92 Å². The van der Waals surface area contributed by atoms with Crippen molar-refractivity contribution in [3.05, 3.63) is 0 Å². The number of carbonyl (C=O) groups is 2. The molecule has 3 atom stereocenters. The van der Waals surface area contributed by atoms with Crippen LogP contribution in [-0.2, 0) is 9.53 Å². The number of nitrogens with zero attached hydrogens (tertiary/aromatic N) is 1. The van der Waals surface area contributed by atoms with Crippen LogP contribution in [0.15, 0.2) is 0 Å². The average Bonchev–Trinajstić information content (AvgIpc) is 2.34. The van der Waals surface area contributed by atoms with E-state index in [2.05, 4.69) is 5.32 Å². The van der Waals surface area contributed by atoms with Gasteiger partial charge in [-0.2, -0.15) is 0 Å². The number of carboxylic acid groups (broad SMARTS) is 1. The molecule has 104 valence electrons. The fourth-order valence-electron chi connectivity index (χ4n) is 1.89. The molecule has 1 aliphatic heterocycles. The van der Waals surface area contributed by atoms with E-state index in [0.29, 0.717) is 13.0 Å². The van der Waals surface area contributed by atoms with E-state index in [-0.39, 0.29) is 19.3 Å². The Bertz CT molecular complexity index is 310. The quantitative estimate of drug-likeness (QED) is 0.641. The smallest absolute Gasteiger partial charge is 0.326 e. The van der Waals surface area contributed by atoms with E-state index in [0.717, 1.165) is 0 Å². The van der Waals surface area contributed by atoms with Crippen molar-refractivity contribution in [1.29, 1.82) is 0 Å². The molecule has 18 heavy (non-hydrogen) atoms. The summed E-state index contributed by atoms with van der Waals surface area (Å²) in [5.41, 5.74) is 0. The van der Waals surface area contributed by atoms with Crippen LogP contribution < -0.4 is 5.32 Å². The second-order valence-electron chi connectivity index (χ2n) is 4.40. The molecule has 0 saturated carbocycles. The number of aliphatic hydroxyl groups excluding tert-OH is 1. The summed E-state index contributed by atoms with van der Waals surface area (Å²) in [4.78, 5) is 24.2. The number of hydrogen-bond acceptors (Lipinski definition) is 4. The lowest BCUT2D eigenvalue weighted by Gasteiger charge is -2.36. The number of ether oxygens (including phenoxy) is 1. The second kappa shape index (κ2) is 6.55. The summed E-state index contributed by atoms with van der Waals surface area (Å²) >= 11 is 0. The third-order valence-electron chi connectivity index (χ3n) is 2.82. The first-order valence-corrected chi connectivity index (χ1v) is 6.02. The molecule has 1 fully saturated rings. The van der Waals surface area contributed by atoms with E-state index in [1.807, 2.05) is 0 Å². The van der Waals surface area contributed by atoms with Crippen molar-refractivity contribution in [3.8, 4) is 0 Å². The molecule has 1 saturated heterocycles. The number of hydrogen-bond donors (Lipinski definition) is 3. The number of rotatable bonds is 4. The molecule has 3 N–H and O–H groups in total. The van der Waals surface area contributed by atoms with Crippen LogP contribution in [0, 0.1) is 0 Å². The number of urea groups is 1. The van der Waals surface area contributed by atoms with Gasteiger partial charge in [0.15, 0.2) is 0 Å². The topological polar surface area (TPSA) is 99.1 Å². The summed E-state index contributed by atoms with van der Waals surface area (Å²) in [7, 11) is 0. The summed E-state index contributed by atoms with van der Waals surface area (Å²) in [5.74, 6) is -1.05. The van der Waals surface area contributed by atoms with Gasteiger partial charge in [0.2, 0.25) is 0 Å². The fourth-order valence-corrected chi connectivity index (χ4v) is 1.89. The maximum Gasteiger partial charge on any atom is 0.326 e. The van der Waals surface area contributed by atoms with E-state index < -0.39 is 24.1 Å². The standard InChI is InChI=1S/C11H20N2O5/c1-3-9(10(15)16)12-11(17)13-4-7(2)18-8(5-13)6-14/h7-9,14H,3-6H2,1-2H3,(H,12,17)(H,15,16). The van der Waals surface area contributed by atoms with Gasteiger partial charge in [-0.15, -0.1) is 0 Å². The van der Waals surface area contributed by atoms with Crippen LogP contribution in [0.25, 0.3) is 0 Å². The highest BCUT2D eigenvalue weighted by molar-refractivity contribution is 5.82. The molecule has 0 spiro atoms. The molecular weight excluding hydrogens is 240 g/mol. The molecular formula is C11H20N2O5. The first kappa shape index (κ1) is 14.7. The Morgan fingerprint density at radius 1 is 1.50 bits per heavy atom. The number of morpholine rings is 1. The molecule has 0 aromatic heterocycles.